The van der Waals surface area contributed by atoms with Crippen LogP contribution in [0.5, 0.6) is 0 Å². The molecule has 1 saturated carbocycles. The number of rotatable bonds is 5. The Balaban J connectivity index is 1.32. The van der Waals surface area contributed by atoms with Crippen molar-refractivity contribution in [3.63, 3.8) is 0 Å². The minimum atomic E-state index is -2.65. The van der Waals surface area contributed by atoms with E-state index in [9.17, 15) is 28.0 Å². The van der Waals surface area contributed by atoms with Gasteiger partial charge in [-0.3, -0.25) is 9.59 Å². The van der Waals surface area contributed by atoms with E-state index in [0.29, 0.717) is 36.9 Å². The molecule has 0 radical (unpaired) electrons. The number of benzene rings is 1. The van der Waals surface area contributed by atoms with Crippen molar-refractivity contribution < 1.29 is 32.7 Å². The molecule has 5 amide bonds. The van der Waals surface area contributed by atoms with E-state index in [1.54, 1.807) is 23.1 Å². The number of nitrogens with zero attached hydrogens (tertiary/aromatic N) is 2. The summed E-state index contributed by atoms with van der Waals surface area (Å²) in [5.41, 5.74) is 0.409. The van der Waals surface area contributed by atoms with E-state index in [0.717, 1.165) is 23.3 Å². The van der Waals surface area contributed by atoms with Gasteiger partial charge in [-0.15, -0.1) is 0 Å². The minimum Gasteiger partial charge on any atom is -0.427 e. The van der Waals surface area contributed by atoms with Gasteiger partial charge in [0.15, 0.2) is 0 Å². The fourth-order valence-corrected chi connectivity index (χ4v) is 6.75. The fraction of sp³-hybridized carbons (Fsp3) is 0.630. The first-order valence-corrected chi connectivity index (χ1v) is 13.4. The average Bonchev–Trinajstić information content (AvgIpc) is 3.55. The molecule has 38 heavy (non-hydrogen) atoms. The zero-order valence-electron chi connectivity index (χ0n) is 21.7. The van der Waals surface area contributed by atoms with E-state index in [-0.39, 0.29) is 49.2 Å². The zero-order valence-corrected chi connectivity index (χ0v) is 21.7. The third-order valence-corrected chi connectivity index (χ3v) is 8.75. The number of carbonyl (C=O) groups is 4. The number of ether oxygens (including phenoxy) is 1. The summed E-state index contributed by atoms with van der Waals surface area (Å²) in [4.78, 5) is 54.5. The molecule has 5 rings (SSSR count). The lowest BCUT2D eigenvalue weighted by Gasteiger charge is -2.38. The number of fused-ring (bicyclic) bond motifs is 2. The Morgan fingerprint density at radius 2 is 1.84 bits per heavy atom. The summed E-state index contributed by atoms with van der Waals surface area (Å²) in [7, 11) is 1.50. The SMILES string of the molecule is CC[C@H]1CC[C@@H](C2CCC(F)(F)CC2)N1C(=O)CN1C(=O)O[C@@]2(CCc3cc(NC(=O)NC)ccc32)C1=O. The maximum absolute atomic E-state index is 13.8. The largest absolute Gasteiger partial charge is 0.427 e. The Morgan fingerprint density at radius 1 is 1.11 bits per heavy atom. The Hall–Kier alpha value is -3.24. The van der Waals surface area contributed by atoms with Crippen molar-refractivity contribution in [2.24, 2.45) is 5.92 Å². The average molecular weight is 533 g/mol. The van der Waals surface area contributed by atoms with Crippen LogP contribution in [0.1, 0.15) is 69.4 Å². The van der Waals surface area contributed by atoms with E-state index in [1.165, 1.54) is 7.05 Å². The van der Waals surface area contributed by atoms with Crippen molar-refractivity contribution in [3.05, 3.63) is 29.3 Å². The Labute approximate surface area is 220 Å². The van der Waals surface area contributed by atoms with Crippen molar-refractivity contribution in [1.29, 1.82) is 0 Å². The van der Waals surface area contributed by atoms with Crippen LogP contribution in [0.15, 0.2) is 18.2 Å². The molecule has 3 atom stereocenters. The fourth-order valence-electron chi connectivity index (χ4n) is 6.75. The molecule has 1 spiro atoms. The molecule has 2 heterocycles. The first-order chi connectivity index (χ1) is 18.1. The molecule has 0 bridgehead atoms. The second-order valence-corrected chi connectivity index (χ2v) is 10.9. The van der Waals surface area contributed by atoms with Gasteiger partial charge in [0.2, 0.25) is 17.4 Å². The number of nitrogens with one attached hydrogen (secondary N) is 2. The van der Waals surface area contributed by atoms with Gasteiger partial charge in [0, 0.05) is 49.6 Å². The molecule has 11 heteroatoms. The zero-order chi connectivity index (χ0) is 27.2. The summed E-state index contributed by atoms with van der Waals surface area (Å²) in [5, 5.41) is 5.16. The van der Waals surface area contributed by atoms with Crippen molar-refractivity contribution >= 4 is 29.6 Å². The van der Waals surface area contributed by atoms with Gasteiger partial charge in [0.05, 0.1) is 0 Å². The summed E-state index contributed by atoms with van der Waals surface area (Å²) in [6, 6.07) is 4.48. The van der Waals surface area contributed by atoms with Gasteiger partial charge >= 0.3 is 12.1 Å². The number of amides is 5. The van der Waals surface area contributed by atoms with Crippen molar-refractivity contribution in [1.82, 2.24) is 15.1 Å². The van der Waals surface area contributed by atoms with Crippen LogP contribution in [0.4, 0.5) is 24.1 Å². The molecular weight excluding hydrogens is 498 g/mol. The van der Waals surface area contributed by atoms with Gasteiger partial charge in [-0.2, -0.15) is 0 Å². The van der Waals surface area contributed by atoms with Gasteiger partial charge in [0.25, 0.3) is 5.91 Å². The van der Waals surface area contributed by atoms with Crippen LogP contribution in [-0.4, -0.2) is 65.3 Å². The number of imide groups is 1. The molecule has 206 valence electrons. The first-order valence-electron chi connectivity index (χ1n) is 13.4. The van der Waals surface area contributed by atoms with Crippen LogP contribution in [0.2, 0.25) is 0 Å². The van der Waals surface area contributed by atoms with E-state index >= 15 is 0 Å². The molecule has 0 aromatic heterocycles. The Kier molecular flexibility index (Phi) is 6.81. The Morgan fingerprint density at radius 3 is 2.53 bits per heavy atom. The van der Waals surface area contributed by atoms with Crippen LogP contribution >= 0.6 is 0 Å². The topological polar surface area (TPSA) is 108 Å². The van der Waals surface area contributed by atoms with Crippen LogP contribution in [-0.2, 0) is 26.3 Å². The summed E-state index contributed by atoms with van der Waals surface area (Å²) in [6.45, 7) is 1.55. The third kappa shape index (κ3) is 4.49. The second kappa shape index (κ2) is 9.81. The highest BCUT2D eigenvalue weighted by atomic mass is 19.3. The molecule has 0 unspecified atom stereocenters. The summed E-state index contributed by atoms with van der Waals surface area (Å²) in [5.74, 6) is -3.57. The first kappa shape index (κ1) is 26.4. The highest BCUT2D eigenvalue weighted by Crippen LogP contribution is 2.47. The number of likely N-dealkylation sites (tertiary alicyclic amines) is 1. The highest BCUT2D eigenvalue weighted by Gasteiger charge is 2.59. The van der Waals surface area contributed by atoms with E-state index in [1.807, 2.05) is 6.92 Å². The second-order valence-electron chi connectivity index (χ2n) is 10.9. The lowest BCUT2D eigenvalue weighted by atomic mass is 9.81. The molecule has 1 aromatic carbocycles. The van der Waals surface area contributed by atoms with Crippen molar-refractivity contribution in [2.45, 2.75) is 88.3 Å². The van der Waals surface area contributed by atoms with Crippen LogP contribution in [0.3, 0.4) is 0 Å². The number of hydrogen-bond acceptors (Lipinski definition) is 5. The number of anilines is 1. The Bertz CT molecular complexity index is 1150. The van der Waals surface area contributed by atoms with Gasteiger partial charge in [-0.1, -0.05) is 13.0 Å². The molecule has 2 aliphatic heterocycles. The molecule has 1 aromatic rings. The molecule has 9 nitrogen and oxygen atoms in total. The lowest BCUT2D eigenvalue weighted by Crippen LogP contribution is -2.51. The molecule has 2 N–H and O–H groups in total. The van der Waals surface area contributed by atoms with E-state index < -0.39 is 30.1 Å². The predicted molar refractivity (Wildman–Crippen MR) is 134 cm³/mol. The lowest BCUT2D eigenvalue weighted by molar-refractivity contribution is -0.144. The number of hydrogen-bond donors (Lipinski definition) is 2. The van der Waals surface area contributed by atoms with Crippen molar-refractivity contribution in [3.8, 4) is 0 Å². The number of urea groups is 1. The quantitative estimate of drug-likeness (QED) is 0.592. The molecule has 2 aliphatic carbocycles. The molecule has 3 fully saturated rings. The van der Waals surface area contributed by atoms with Crippen LogP contribution < -0.4 is 10.6 Å². The van der Waals surface area contributed by atoms with Crippen molar-refractivity contribution in [2.75, 3.05) is 18.9 Å². The molecule has 2 saturated heterocycles. The maximum Gasteiger partial charge on any atom is 0.418 e. The van der Waals surface area contributed by atoms with Gasteiger partial charge in [-0.05, 0) is 62.1 Å². The maximum atomic E-state index is 13.8. The van der Waals surface area contributed by atoms with Gasteiger partial charge < -0.3 is 20.3 Å². The minimum absolute atomic E-state index is 0.0120. The van der Waals surface area contributed by atoms with E-state index in [2.05, 4.69) is 10.6 Å². The normalized spacial score (nSPS) is 28.5. The third-order valence-electron chi connectivity index (χ3n) is 8.75. The smallest absolute Gasteiger partial charge is 0.418 e. The molecule has 4 aliphatic rings. The summed E-state index contributed by atoms with van der Waals surface area (Å²) in [6.07, 6.45) is 2.47. The predicted octanol–water partition coefficient (Wildman–Crippen LogP) is 4.15. The van der Waals surface area contributed by atoms with Crippen LogP contribution in [0, 0.1) is 5.92 Å². The van der Waals surface area contributed by atoms with Gasteiger partial charge in [-0.25, -0.2) is 23.3 Å². The van der Waals surface area contributed by atoms with Gasteiger partial charge in [0.1, 0.15) is 6.54 Å². The number of aryl methyl sites for hydroxylation is 1. The van der Waals surface area contributed by atoms with Crippen LogP contribution in [0.25, 0.3) is 0 Å². The summed E-state index contributed by atoms with van der Waals surface area (Å²) >= 11 is 0. The monoisotopic (exact) mass is 532 g/mol. The highest BCUT2D eigenvalue weighted by molar-refractivity contribution is 6.06. The van der Waals surface area contributed by atoms with E-state index in [4.69, 9.17) is 4.74 Å². The standard InChI is InChI=1S/C27H34F2N4O5/c1-3-19-5-7-21(16-8-11-26(28,29)12-9-16)33(19)22(34)15-32-23(35)27(38-25(32)37)13-10-17-14-18(4-6-20(17)27)31-24(36)30-2/h4,6,14,16,19,21H,3,5,7-13,15H2,1-2H3,(H2,30,31,36)/t19-,21-,27+/m0/s1. The number of carbonyl (C=O) groups excluding carboxylic acids is 4. The number of alkyl halides is 2. The summed E-state index contributed by atoms with van der Waals surface area (Å²) < 4.78 is 33.2. The number of halogens is 2. The molecular formula is C27H34F2N4O5.